The Morgan fingerprint density at radius 3 is 2.54 bits per heavy atom. The molecule has 0 unspecified atom stereocenters. The van der Waals surface area contributed by atoms with Gasteiger partial charge in [-0.2, -0.15) is 5.26 Å². The Hall–Kier alpha value is -3.39. The van der Waals surface area contributed by atoms with Gasteiger partial charge in [-0.25, -0.2) is 4.98 Å². The van der Waals surface area contributed by atoms with Crippen molar-refractivity contribution in [3.63, 3.8) is 0 Å². The van der Waals surface area contributed by atoms with Gasteiger partial charge in [0, 0.05) is 5.56 Å². The third-order valence-corrected chi connectivity index (χ3v) is 3.44. The predicted octanol–water partition coefficient (Wildman–Crippen LogP) is 3.67. The number of carbonyl (C=O) groups excluding carboxylic acids is 1. The average Bonchev–Trinajstić information content (AvgIpc) is 2.97. The smallest absolute Gasteiger partial charge is 0.317 e. The summed E-state index contributed by atoms with van der Waals surface area (Å²) in [7, 11) is 0. The van der Waals surface area contributed by atoms with Crippen molar-refractivity contribution in [2.45, 2.75) is 13.3 Å². The molecular formula is C19H14N2O3. The molecule has 0 N–H and O–H groups in total. The third-order valence-electron chi connectivity index (χ3n) is 3.44. The highest BCUT2D eigenvalue weighted by molar-refractivity contribution is 5.75. The SMILES string of the molecule is Cc1oc(-c2ccccc2)nc1CC(=O)Oc1ccc(C#N)cc1. The van der Waals surface area contributed by atoms with E-state index in [1.54, 1.807) is 31.2 Å². The zero-order valence-corrected chi connectivity index (χ0v) is 13.0. The summed E-state index contributed by atoms with van der Waals surface area (Å²) < 4.78 is 10.9. The molecule has 0 atom stereocenters. The largest absolute Gasteiger partial charge is 0.441 e. The van der Waals surface area contributed by atoms with Crippen LogP contribution in [0.15, 0.2) is 59.0 Å². The molecule has 0 aliphatic heterocycles. The van der Waals surface area contributed by atoms with E-state index in [9.17, 15) is 4.79 Å². The Bertz CT molecular complexity index is 891. The average molecular weight is 318 g/mol. The minimum Gasteiger partial charge on any atom is -0.441 e. The maximum Gasteiger partial charge on any atom is 0.317 e. The predicted molar refractivity (Wildman–Crippen MR) is 87.2 cm³/mol. The lowest BCUT2D eigenvalue weighted by Crippen LogP contribution is -2.12. The lowest BCUT2D eigenvalue weighted by atomic mass is 10.2. The van der Waals surface area contributed by atoms with E-state index in [-0.39, 0.29) is 6.42 Å². The van der Waals surface area contributed by atoms with E-state index in [4.69, 9.17) is 14.4 Å². The number of nitrogens with zero attached hydrogens (tertiary/aromatic N) is 2. The summed E-state index contributed by atoms with van der Waals surface area (Å²) in [6.45, 7) is 1.77. The Labute approximate surface area is 139 Å². The van der Waals surface area contributed by atoms with Crippen LogP contribution in [0.2, 0.25) is 0 Å². The van der Waals surface area contributed by atoms with Gasteiger partial charge in [0.1, 0.15) is 11.5 Å². The minimum absolute atomic E-state index is 0.0160. The molecule has 0 spiro atoms. The van der Waals surface area contributed by atoms with Crippen molar-refractivity contribution in [2.75, 3.05) is 0 Å². The molecule has 3 aromatic rings. The molecule has 0 bridgehead atoms. The van der Waals surface area contributed by atoms with Gasteiger partial charge in [-0.1, -0.05) is 18.2 Å². The molecule has 24 heavy (non-hydrogen) atoms. The molecule has 0 saturated heterocycles. The van der Waals surface area contributed by atoms with E-state index in [1.165, 1.54) is 0 Å². The van der Waals surface area contributed by atoms with E-state index in [0.717, 1.165) is 5.56 Å². The number of hydrogen-bond donors (Lipinski definition) is 0. The number of nitriles is 1. The van der Waals surface area contributed by atoms with E-state index in [1.807, 2.05) is 36.4 Å². The number of aromatic nitrogens is 1. The van der Waals surface area contributed by atoms with Gasteiger partial charge in [0.05, 0.1) is 23.7 Å². The zero-order chi connectivity index (χ0) is 16.9. The lowest BCUT2D eigenvalue weighted by Gasteiger charge is -2.03. The lowest BCUT2D eigenvalue weighted by molar-refractivity contribution is -0.133. The summed E-state index contributed by atoms with van der Waals surface area (Å²) in [6.07, 6.45) is 0.0160. The minimum atomic E-state index is -0.435. The molecule has 5 nitrogen and oxygen atoms in total. The summed E-state index contributed by atoms with van der Waals surface area (Å²) in [5, 5.41) is 8.76. The first-order valence-electron chi connectivity index (χ1n) is 7.38. The summed E-state index contributed by atoms with van der Waals surface area (Å²) in [4.78, 5) is 16.4. The maximum absolute atomic E-state index is 12.1. The fraction of sp³-hybridized carbons (Fsp3) is 0.105. The van der Waals surface area contributed by atoms with Crippen LogP contribution in [-0.4, -0.2) is 11.0 Å². The van der Waals surface area contributed by atoms with E-state index in [2.05, 4.69) is 4.98 Å². The van der Waals surface area contributed by atoms with Crippen LogP contribution in [-0.2, 0) is 11.2 Å². The topological polar surface area (TPSA) is 76.1 Å². The third kappa shape index (κ3) is 3.50. The number of oxazole rings is 1. The first-order valence-corrected chi connectivity index (χ1v) is 7.38. The highest BCUT2D eigenvalue weighted by Crippen LogP contribution is 2.22. The van der Waals surface area contributed by atoms with Gasteiger partial charge < -0.3 is 9.15 Å². The number of hydrogen-bond acceptors (Lipinski definition) is 5. The molecule has 0 saturated carbocycles. The van der Waals surface area contributed by atoms with Crippen molar-refractivity contribution in [3.05, 3.63) is 71.6 Å². The Kier molecular flexibility index (Phi) is 4.39. The van der Waals surface area contributed by atoms with Crippen molar-refractivity contribution in [1.29, 1.82) is 5.26 Å². The normalized spacial score (nSPS) is 10.2. The van der Waals surface area contributed by atoms with Crippen molar-refractivity contribution in [1.82, 2.24) is 4.98 Å². The van der Waals surface area contributed by atoms with Crippen molar-refractivity contribution < 1.29 is 13.9 Å². The number of ether oxygens (including phenoxy) is 1. The maximum atomic E-state index is 12.1. The van der Waals surface area contributed by atoms with Crippen molar-refractivity contribution in [3.8, 4) is 23.3 Å². The number of aryl methyl sites for hydroxylation is 1. The van der Waals surface area contributed by atoms with Crippen LogP contribution < -0.4 is 4.74 Å². The molecule has 1 heterocycles. The molecule has 0 radical (unpaired) electrons. The van der Waals surface area contributed by atoms with Gasteiger partial charge in [-0.05, 0) is 43.3 Å². The Balaban J connectivity index is 1.70. The second-order valence-corrected chi connectivity index (χ2v) is 5.17. The van der Waals surface area contributed by atoms with Crippen LogP contribution in [0.5, 0.6) is 5.75 Å². The van der Waals surface area contributed by atoms with Crippen LogP contribution in [0.1, 0.15) is 17.0 Å². The summed E-state index contributed by atoms with van der Waals surface area (Å²) in [5.74, 6) is 1.03. The summed E-state index contributed by atoms with van der Waals surface area (Å²) >= 11 is 0. The van der Waals surface area contributed by atoms with Gasteiger partial charge in [0.25, 0.3) is 0 Å². The Morgan fingerprint density at radius 2 is 1.88 bits per heavy atom. The summed E-state index contributed by atoms with van der Waals surface area (Å²) in [5.41, 5.74) is 1.91. The highest BCUT2D eigenvalue weighted by Gasteiger charge is 2.16. The molecule has 5 heteroatoms. The number of carbonyl (C=O) groups is 1. The van der Waals surface area contributed by atoms with E-state index < -0.39 is 5.97 Å². The van der Waals surface area contributed by atoms with E-state index in [0.29, 0.717) is 28.7 Å². The van der Waals surface area contributed by atoms with Gasteiger partial charge in [0.15, 0.2) is 0 Å². The molecule has 0 aliphatic rings. The second-order valence-electron chi connectivity index (χ2n) is 5.17. The number of rotatable bonds is 4. The highest BCUT2D eigenvalue weighted by atomic mass is 16.5. The molecule has 2 aromatic carbocycles. The molecule has 0 aliphatic carbocycles. The van der Waals surface area contributed by atoms with Crippen LogP contribution in [0.3, 0.4) is 0 Å². The first-order chi connectivity index (χ1) is 11.7. The molecule has 118 valence electrons. The number of esters is 1. The standard InChI is InChI=1S/C19H14N2O3/c1-13-17(21-19(23-13)15-5-3-2-4-6-15)11-18(22)24-16-9-7-14(12-20)8-10-16/h2-10H,11H2,1H3. The van der Waals surface area contributed by atoms with Gasteiger partial charge in [-0.15, -0.1) is 0 Å². The zero-order valence-electron chi connectivity index (χ0n) is 13.0. The molecule has 0 fully saturated rings. The monoisotopic (exact) mass is 318 g/mol. The van der Waals surface area contributed by atoms with Crippen molar-refractivity contribution >= 4 is 5.97 Å². The van der Waals surface area contributed by atoms with E-state index >= 15 is 0 Å². The quantitative estimate of drug-likeness (QED) is 0.542. The fourth-order valence-corrected chi connectivity index (χ4v) is 2.20. The Morgan fingerprint density at radius 1 is 1.17 bits per heavy atom. The van der Waals surface area contributed by atoms with Crippen LogP contribution >= 0.6 is 0 Å². The van der Waals surface area contributed by atoms with Crippen LogP contribution in [0, 0.1) is 18.3 Å². The van der Waals surface area contributed by atoms with Crippen LogP contribution in [0.25, 0.3) is 11.5 Å². The van der Waals surface area contributed by atoms with Gasteiger partial charge in [-0.3, -0.25) is 4.79 Å². The summed E-state index contributed by atoms with van der Waals surface area (Å²) in [6, 6.07) is 17.9. The van der Waals surface area contributed by atoms with Crippen molar-refractivity contribution in [2.24, 2.45) is 0 Å². The van der Waals surface area contributed by atoms with Gasteiger partial charge in [0.2, 0.25) is 5.89 Å². The fourth-order valence-electron chi connectivity index (χ4n) is 2.20. The molecule has 3 rings (SSSR count). The van der Waals surface area contributed by atoms with Gasteiger partial charge >= 0.3 is 5.97 Å². The number of benzene rings is 2. The second kappa shape index (κ2) is 6.80. The molecule has 0 amide bonds. The first kappa shape index (κ1) is 15.5. The molecular weight excluding hydrogens is 304 g/mol. The van der Waals surface area contributed by atoms with Crippen LogP contribution in [0.4, 0.5) is 0 Å². The molecule has 1 aromatic heterocycles.